The molecule has 1 aliphatic rings. The van der Waals surface area contributed by atoms with Crippen LogP contribution in [0.1, 0.15) is 11.1 Å². The first-order chi connectivity index (χ1) is 8.13. The van der Waals surface area contributed by atoms with Gasteiger partial charge < -0.3 is 14.6 Å². The predicted octanol–water partition coefficient (Wildman–Crippen LogP) is 1.19. The highest BCUT2D eigenvalue weighted by molar-refractivity contribution is 5.47. The minimum atomic E-state index is -0.157. The number of methoxy groups -OCH3 is 2. The topological polar surface area (TPSA) is 41.9 Å². The van der Waals surface area contributed by atoms with E-state index in [0.717, 1.165) is 31.1 Å². The van der Waals surface area contributed by atoms with E-state index in [1.54, 1.807) is 14.2 Å². The van der Waals surface area contributed by atoms with Crippen molar-refractivity contribution in [1.82, 2.24) is 4.90 Å². The molecule has 94 valence electrons. The SMILES string of the molecule is COc1cc(C)c(CN2CC(O)C2)cc1OC. The molecule has 4 nitrogen and oxygen atoms in total. The molecule has 1 aliphatic heterocycles. The summed E-state index contributed by atoms with van der Waals surface area (Å²) in [5.74, 6) is 1.52. The van der Waals surface area contributed by atoms with Crippen LogP contribution in [-0.4, -0.2) is 43.4 Å². The lowest BCUT2D eigenvalue weighted by Crippen LogP contribution is -2.49. The molecule has 1 N–H and O–H groups in total. The van der Waals surface area contributed by atoms with Gasteiger partial charge in [-0.2, -0.15) is 0 Å². The Hall–Kier alpha value is -1.26. The van der Waals surface area contributed by atoms with Crippen molar-refractivity contribution in [3.8, 4) is 11.5 Å². The Bertz CT molecular complexity index is 400. The van der Waals surface area contributed by atoms with Gasteiger partial charge in [-0.1, -0.05) is 0 Å². The largest absolute Gasteiger partial charge is 0.493 e. The summed E-state index contributed by atoms with van der Waals surface area (Å²) in [5.41, 5.74) is 2.40. The second-order valence-electron chi connectivity index (χ2n) is 4.48. The summed E-state index contributed by atoms with van der Waals surface area (Å²) in [6.45, 7) is 4.43. The Morgan fingerprint density at radius 2 is 1.82 bits per heavy atom. The summed E-state index contributed by atoms with van der Waals surface area (Å²) in [5, 5.41) is 9.26. The van der Waals surface area contributed by atoms with E-state index in [1.165, 1.54) is 11.1 Å². The van der Waals surface area contributed by atoms with Gasteiger partial charge in [0.15, 0.2) is 11.5 Å². The molecular weight excluding hydrogens is 218 g/mol. The van der Waals surface area contributed by atoms with E-state index in [0.29, 0.717) is 0 Å². The molecule has 1 saturated heterocycles. The minimum Gasteiger partial charge on any atom is -0.493 e. The molecule has 4 heteroatoms. The lowest BCUT2D eigenvalue weighted by molar-refractivity contribution is -0.00299. The lowest BCUT2D eigenvalue weighted by atomic mass is 10.0. The fraction of sp³-hybridized carbons (Fsp3) is 0.538. The molecule has 0 radical (unpaired) electrons. The van der Waals surface area contributed by atoms with Gasteiger partial charge >= 0.3 is 0 Å². The van der Waals surface area contributed by atoms with Crippen LogP contribution in [0.3, 0.4) is 0 Å². The van der Waals surface area contributed by atoms with Crippen LogP contribution in [0.4, 0.5) is 0 Å². The van der Waals surface area contributed by atoms with Crippen molar-refractivity contribution in [2.75, 3.05) is 27.3 Å². The first kappa shape index (κ1) is 12.2. The number of β-amino-alcohol motifs (C(OH)–C–C–N with tert-alkyl or cyclic N) is 1. The molecule has 17 heavy (non-hydrogen) atoms. The van der Waals surface area contributed by atoms with Crippen LogP contribution in [0.5, 0.6) is 11.5 Å². The van der Waals surface area contributed by atoms with Crippen molar-refractivity contribution in [2.24, 2.45) is 0 Å². The van der Waals surface area contributed by atoms with E-state index >= 15 is 0 Å². The summed E-state index contributed by atoms with van der Waals surface area (Å²) in [6, 6.07) is 4.00. The number of benzene rings is 1. The summed E-state index contributed by atoms with van der Waals surface area (Å²) in [6.07, 6.45) is -0.157. The van der Waals surface area contributed by atoms with Crippen molar-refractivity contribution in [2.45, 2.75) is 19.6 Å². The van der Waals surface area contributed by atoms with Gasteiger partial charge in [0.25, 0.3) is 0 Å². The molecule has 0 bridgehead atoms. The second-order valence-corrected chi connectivity index (χ2v) is 4.48. The van der Waals surface area contributed by atoms with E-state index < -0.39 is 0 Å². The second kappa shape index (κ2) is 4.94. The molecule has 1 fully saturated rings. The smallest absolute Gasteiger partial charge is 0.161 e. The molecule has 0 spiro atoms. The van der Waals surface area contributed by atoms with Crippen molar-refractivity contribution in [3.63, 3.8) is 0 Å². The average molecular weight is 237 g/mol. The van der Waals surface area contributed by atoms with Crippen molar-refractivity contribution >= 4 is 0 Å². The molecular formula is C13H19NO3. The third kappa shape index (κ3) is 2.53. The van der Waals surface area contributed by atoms with Gasteiger partial charge in [0.2, 0.25) is 0 Å². The Balaban J connectivity index is 2.16. The van der Waals surface area contributed by atoms with Crippen molar-refractivity contribution < 1.29 is 14.6 Å². The van der Waals surface area contributed by atoms with Gasteiger partial charge in [-0.3, -0.25) is 4.90 Å². The van der Waals surface area contributed by atoms with E-state index in [-0.39, 0.29) is 6.10 Å². The first-order valence-corrected chi connectivity index (χ1v) is 5.76. The fourth-order valence-electron chi connectivity index (χ4n) is 2.11. The molecule has 0 unspecified atom stereocenters. The van der Waals surface area contributed by atoms with Crippen molar-refractivity contribution in [1.29, 1.82) is 0 Å². The normalized spacial score (nSPS) is 16.7. The molecule has 0 amide bonds. The highest BCUT2D eigenvalue weighted by Crippen LogP contribution is 2.31. The van der Waals surface area contributed by atoms with Gasteiger partial charge in [-0.25, -0.2) is 0 Å². The molecule has 1 aromatic carbocycles. The lowest BCUT2D eigenvalue weighted by Gasteiger charge is -2.36. The van der Waals surface area contributed by atoms with Crippen LogP contribution in [0.2, 0.25) is 0 Å². The maximum absolute atomic E-state index is 9.26. The molecule has 2 rings (SSSR count). The summed E-state index contributed by atoms with van der Waals surface area (Å²) in [7, 11) is 3.28. The molecule has 0 atom stereocenters. The number of likely N-dealkylation sites (tertiary alicyclic amines) is 1. The minimum absolute atomic E-state index is 0.157. The number of aryl methyl sites for hydroxylation is 1. The molecule has 0 aliphatic carbocycles. The Morgan fingerprint density at radius 1 is 1.24 bits per heavy atom. The third-order valence-electron chi connectivity index (χ3n) is 3.17. The molecule has 1 aromatic rings. The van der Waals surface area contributed by atoms with E-state index in [1.807, 2.05) is 12.1 Å². The van der Waals surface area contributed by atoms with Crippen LogP contribution >= 0.6 is 0 Å². The van der Waals surface area contributed by atoms with Gasteiger partial charge in [0, 0.05) is 19.6 Å². The molecule has 0 aromatic heterocycles. The monoisotopic (exact) mass is 237 g/mol. The third-order valence-corrected chi connectivity index (χ3v) is 3.17. The maximum atomic E-state index is 9.26. The zero-order valence-electron chi connectivity index (χ0n) is 10.6. The summed E-state index contributed by atoms with van der Waals surface area (Å²) < 4.78 is 10.5. The number of aliphatic hydroxyl groups is 1. The van der Waals surface area contributed by atoms with Gasteiger partial charge in [0.05, 0.1) is 20.3 Å². The van der Waals surface area contributed by atoms with Gasteiger partial charge in [0.1, 0.15) is 0 Å². The van der Waals surface area contributed by atoms with E-state index in [2.05, 4.69) is 11.8 Å². The Morgan fingerprint density at radius 3 is 2.35 bits per heavy atom. The Kier molecular flexibility index (Phi) is 3.54. The number of aliphatic hydroxyl groups excluding tert-OH is 1. The maximum Gasteiger partial charge on any atom is 0.161 e. The highest BCUT2D eigenvalue weighted by Gasteiger charge is 2.24. The van der Waals surface area contributed by atoms with Crippen LogP contribution in [0.25, 0.3) is 0 Å². The van der Waals surface area contributed by atoms with Crippen molar-refractivity contribution in [3.05, 3.63) is 23.3 Å². The number of rotatable bonds is 4. The number of hydrogen-bond donors (Lipinski definition) is 1. The van der Waals surface area contributed by atoms with Crippen LogP contribution < -0.4 is 9.47 Å². The van der Waals surface area contributed by atoms with Crippen LogP contribution in [0.15, 0.2) is 12.1 Å². The zero-order valence-corrected chi connectivity index (χ0v) is 10.6. The first-order valence-electron chi connectivity index (χ1n) is 5.76. The number of hydrogen-bond acceptors (Lipinski definition) is 4. The fourth-order valence-corrected chi connectivity index (χ4v) is 2.11. The summed E-state index contributed by atoms with van der Waals surface area (Å²) >= 11 is 0. The Labute approximate surface area is 102 Å². The quantitative estimate of drug-likeness (QED) is 0.854. The number of nitrogens with zero attached hydrogens (tertiary/aromatic N) is 1. The van der Waals surface area contributed by atoms with Gasteiger partial charge in [-0.05, 0) is 30.2 Å². The number of ether oxygens (including phenoxy) is 2. The standard InChI is InChI=1S/C13H19NO3/c1-9-4-12(16-2)13(17-3)5-10(9)6-14-7-11(15)8-14/h4-5,11,15H,6-8H2,1-3H3. The molecule has 1 heterocycles. The van der Waals surface area contributed by atoms with E-state index in [9.17, 15) is 5.11 Å². The predicted molar refractivity (Wildman–Crippen MR) is 65.6 cm³/mol. The van der Waals surface area contributed by atoms with Gasteiger partial charge in [-0.15, -0.1) is 0 Å². The highest BCUT2D eigenvalue weighted by atomic mass is 16.5. The summed E-state index contributed by atoms with van der Waals surface area (Å²) in [4.78, 5) is 2.21. The van der Waals surface area contributed by atoms with Crippen LogP contribution in [-0.2, 0) is 6.54 Å². The van der Waals surface area contributed by atoms with Crippen LogP contribution in [0, 0.1) is 6.92 Å². The van der Waals surface area contributed by atoms with E-state index in [4.69, 9.17) is 9.47 Å². The molecule has 0 saturated carbocycles. The zero-order chi connectivity index (χ0) is 12.4. The average Bonchev–Trinajstić information content (AvgIpc) is 2.28.